The third kappa shape index (κ3) is 7.15. The monoisotopic (exact) mass is 489 g/mol. The van der Waals surface area contributed by atoms with Gasteiger partial charge in [-0.25, -0.2) is 0 Å². The zero-order valence-corrected chi connectivity index (χ0v) is 20.5. The average molecular weight is 490 g/mol. The summed E-state index contributed by atoms with van der Waals surface area (Å²) in [5, 5.41) is 8.58. The molecule has 0 spiro atoms. The Morgan fingerprint density at radius 1 is 0.914 bits per heavy atom. The quantitative estimate of drug-likeness (QED) is 0.313. The second-order valence-electron chi connectivity index (χ2n) is 7.54. The van der Waals surface area contributed by atoms with E-state index in [0.717, 1.165) is 11.1 Å². The number of para-hydroxylation sites is 1. The SMILES string of the molecule is COc1ccc(/C=C/C(=O)NC(=S)Nc2ccccc2C(=O)NC(C)c2ccccc2)cc1OC. The number of amides is 2. The highest BCUT2D eigenvalue weighted by Crippen LogP contribution is 2.28. The number of rotatable bonds is 8. The molecule has 3 rings (SSSR count). The molecule has 3 aromatic carbocycles. The van der Waals surface area contributed by atoms with Gasteiger partial charge >= 0.3 is 0 Å². The van der Waals surface area contributed by atoms with Crippen molar-refractivity contribution in [3.63, 3.8) is 0 Å². The van der Waals surface area contributed by atoms with Crippen LogP contribution in [-0.4, -0.2) is 31.1 Å². The number of thiocarbonyl (C=S) groups is 1. The summed E-state index contributed by atoms with van der Waals surface area (Å²) in [4.78, 5) is 25.3. The largest absolute Gasteiger partial charge is 0.493 e. The normalized spacial score (nSPS) is 11.4. The van der Waals surface area contributed by atoms with Crippen molar-refractivity contribution < 1.29 is 19.1 Å². The second kappa shape index (κ2) is 12.3. The molecule has 0 bridgehead atoms. The van der Waals surface area contributed by atoms with Gasteiger partial charge in [0.15, 0.2) is 16.6 Å². The molecule has 3 N–H and O–H groups in total. The van der Waals surface area contributed by atoms with Crippen LogP contribution in [0.3, 0.4) is 0 Å². The average Bonchev–Trinajstić information content (AvgIpc) is 2.87. The molecule has 0 aliphatic rings. The number of carbonyl (C=O) groups is 2. The summed E-state index contributed by atoms with van der Waals surface area (Å²) in [5.41, 5.74) is 2.65. The lowest BCUT2D eigenvalue weighted by atomic mass is 10.1. The number of hydrogen-bond acceptors (Lipinski definition) is 5. The molecule has 1 unspecified atom stereocenters. The Kier molecular flexibility index (Phi) is 8.97. The maximum atomic E-state index is 12.9. The number of methoxy groups -OCH3 is 2. The van der Waals surface area contributed by atoms with Crippen LogP contribution in [0.5, 0.6) is 11.5 Å². The summed E-state index contributed by atoms with van der Waals surface area (Å²) in [6.45, 7) is 1.92. The van der Waals surface area contributed by atoms with E-state index in [1.165, 1.54) is 6.08 Å². The molecule has 8 heteroatoms. The topological polar surface area (TPSA) is 88.7 Å². The van der Waals surface area contributed by atoms with Gasteiger partial charge in [-0.05, 0) is 60.6 Å². The van der Waals surface area contributed by atoms with Crippen molar-refractivity contribution in [2.24, 2.45) is 0 Å². The minimum Gasteiger partial charge on any atom is -0.493 e. The standard InChI is InChI=1S/C27H27N3O4S/c1-18(20-9-5-4-6-10-20)28-26(32)21-11-7-8-12-22(21)29-27(35)30-25(31)16-14-19-13-15-23(33-2)24(17-19)34-3/h4-18H,1-3H3,(H,28,32)(H2,29,30,31,35)/b16-14+. The van der Waals surface area contributed by atoms with E-state index in [-0.39, 0.29) is 17.1 Å². The summed E-state index contributed by atoms with van der Waals surface area (Å²) in [6, 6.07) is 21.8. The molecule has 0 saturated carbocycles. The highest BCUT2D eigenvalue weighted by atomic mass is 32.1. The molecular weight excluding hydrogens is 462 g/mol. The van der Waals surface area contributed by atoms with E-state index in [4.69, 9.17) is 21.7 Å². The molecule has 180 valence electrons. The van der Waals surface area contributed by atoms with Gasteiger partial charge < -0.3 is 20.1 Å². The number of carbonyl (C=O) groups excluding carboxylic acids is 2. The van der Waals surface area contributed by atoms with Crippen molar-refractivity contribution in [1.82, 2.24) is 10.6 Å². The van der Waals surface area contributed by atoms with Crippen molar-refractivity contribution in [3.05, 3.63) is 95.6 Å². The van der Waals surface area contributed by atoms with Gasteiger partial charge in [-0.3, -0.25) is 14.9 Å². The van der Waals surface area contributed by atoms with Crippen molar-refractivity contribution in [1.29, 1.82) is 0 Å². The Labute approximate surface area is 210 Å². The maximum absolute atomic E-state index is 12.9. The van der Waals surface area contributed by atoms with Crippen LogP contribution in [0.4, 0.5) is 5.69 Å². The van der Waals surface area contributed by atoms with Gasteiger partial charge in [-0.15, -0.1) is 0 Å². The fraction of sp³-hybridized carbons (Fsp3) is 0.148. The second-order valence-corrected chi connectivity index (χ2v) is 7.95. The van der Waals surface area contributed by atoms with E-state index < -0.39 is 5.91 Å². The van der Waals surface area contributed by atoms with Crippen LogP contribution in [0, 0.1) is 0 Å². The van der Waals surface area contributed by atoms with Crippen molar-refractivity contribution in [2.75, 3.05) is 19.5 Å². The van der Waals surface area contributed by atoms with Gasteiger partial charge in [0.05, 0.1) is 31.5 Å². The molecule has 0 saturated heterocycles. The van der Waals surface area contributed by atoms with E-state index in [9.17, 15) is 9.59 Å². The zero-order valence-electron chi connectivity index (χ0n) is 19.7. The maximum Gasteiger partial charge on any atom is 0.253 e. The summed E-state index contributed by atoms with van der Waals surface area (Å²) >= 11 is 5.28. The van der Waals surface area contributed by atoms with Crippen LogP contribution < -0.4 is 25.4 Å². The first-order valence-electron chi connectivity index (χ1n) is 10.9. The molecule has 3 aromatic rings. The minimum atomic E-state index is -0.420. The number of anilines is 1. The van der Waals surface area contributed by atoms with Crippen molar-refractivity contribution >= 4 is 40.9 Å². The van der Waals surface area contributed by atoms with E-state index in [1.807, 2.05) is 37.3 Å². The fourth-order valence-electron chi connectivity index (χ4n) is 3.33. The summed E-state index contributed by atoms with van der Waals surface area (Å²) < 4.78 is 10.5. The van der Waals surface area contributed by atoms with Crippen LogP contribution in [0.15, 0.2) is 78.9 Å². The Morgan fingerprint density at radius 2 is 1.60 bits per heavy atom. The third-order valence-electron chi connectivity index (χ3n) is 5.14. The van der Waals surface area contributed by atoms with Gasteiger partial charge in [0.25, 0.3) is 5.91 Å². The summed E-state index contributed by atoms with van der Waals surface area (Å²) in [5.74, 6) is 0.480. The van der Waals surface area contributed by atoms with Crippen molar-refractivity contribution in [2.45, 2.75) is 13.0 Å². The van der Waals surface area contributed by atoms with Crippen LogP contribution in [-0.2, 0) is 4.79 Å². The molecule has 0 aliphatic carbocycles. The van der Waals surface area contributed by atoms with Crippen molar-refractivity contribution in [3.8, 4) is 11.5 Å². The third-order valence-corrected chi connectivity index (χ3v) is 5.34. The molecule has 35 heavy (non-hydrogen) atoms. The molecule has 0 aromatic heterocycles. The molecular formula is C27H27N3O4S. The predicted octanol–water partition coefficient (Wildman–Crippen LogP) is 4.72. The lowest BCUT2D eigenvalue weighted by Crippen LogP contribution is -2.34. The lowest BCUT2D eigenvalue weighted by molar-refractivity contribution is -0.115. The van der Waals surface area contributed by atoms with Gasteiger partial charge in [0.2, 0.25) is 5.91 Å². The zero-order chi connectivity index (χ0) is 25.2. The molecule has 1 atom stereocenters. The predicted molar refractivity (Wildman–Crippen MR) is 142 cm³/mol. The van der Waals surface area contributed by atoms with Gasteiger partial charge in [0.1, 0.15) is 0 Å². The molecule has 7 nitrogen and oxygen atoms in total. The van der Waals surface area contributed by atoms with Crippen LogP contribution >= 0.6 is 12.2 Å². The number of ether oxygens (including phenoxy) is 2. The molecule has 0 fully saturated rings. The van der Waals surface area contributed by atoms with E-state index in [1.54, 1.807) is 62.8 Å². The smallest absolute Gasteiger partial charge is 0.253 e. The highest BCUT2D eigenvalue weighted by molar-refractivity contribution is 7.80. The molecule has 0 radical (unpaired) electrons. The summed E-state index contributed by atoms with van der Waals surface area (Å²) in [7, 11) is 3.10. The Morgan fingerprint density at radius 3 is 2.31 bits per heavy atom. The van der Waals surface area contributed by atoms with Gasteiger partial charge in [-0.2, -0.15) is 0 Å². The van der Waals surface area contributed by atoms with E-state index in [2.05, 4.69) is 16.0 Å². The first-order chi connectivity index (χ1) is 16.9. The van der Waals surface area contributed by atoms with Crippen LogP contribution in [0.2, 0.25) is 0 Å². The number of nitrogens with one attached hydrogen (secondary N) is 3. The van der Waals surface area contributed by atoms with E-state index in [0.29, 0.717) is 22.7 Å². The van der Waals surface area contributed by atoms with Gasteiger partial charge in [-0.1, -0.05) is 48.5 Å². The Bertz CT molecular complexity index is 1230. The summed E-state index contributed by atoms with van der Waals surface area (Å²) in [6.07, 6.45) is 2.99. The first kappa shape index (κ1) is 25.5. The number of benzene rings is 3. The molecule has 2 amide bonds. The fourth-order valence-corrected chi connectivity index (χ4v) is 3.54. The first-order valence-corrected chi connectivity index (χ1v) is 11.3. The Hall–Kier alpha value is -4.17. The van der Waals surface area contributed by atoms with Crippen LogP contribution in [0.25, 0.3) is 6.08 Å². The minimum absolute atomic E-state index is 0.0725. The molecule has 0 heterocycles. The van der Waals surface area contributed by atoms with E-state index >= 15 is 0 Å². The lowest BCUT2D eigenvalue weighted by Gasteiger charge is -2.17. The number of hydrogen-bond donors (Lipinski definition) is 3. The highest BCUT2D eigenvalue weighted by Gasteiger charge is 2.15. The Balaban J connectivity index is 1.61. The van der Waals surface area contributed by atoms with Gasteiger partial charge in [0, 0.05) is 6.08 Å². The molecule has 0 aliphatic heterocycles. The van der Waals surface area contributed by atoms with Crippen LogP contribution in [0.1, 0.15) is 34.5 Å².